The molecule has 0 saturated carbocycles. The summed E-state index contributed by atoms with van der Waals surface area (Å²) in [5.74, 6) is -1.44. The average molecular weight is 257 g/mol. The summed E-state index contributed by atoms with van der Waals surface area (Å²) in [6.45, 7) is 0. The van der Waals surface area contributed by atoms with E-state index in [1.54, 1.807) is 0 Å². The van der Waals surface area contributed by atoms with E-state index >= 15 is 0 Å². The summed E-state index contributed by atoms with van der Waals surface area (Å²) in [5, 5.41) is 2.72. The van der Waals surface area contributed by atoms with Crippen LogP contribution in [0, 0.1) is 5.82 Å². The zero-order valence-corrected chi connectivity index (χ0v) is 9.55. The SMILES string of the molecule is NC(=O)C[C@H]1CC(=O)c2ccc(Cl)c(F)c2N1. The van der Waals surface area contributed by atoms with Crippen molar-refractivity contribution in [2.75, 3.05) is 5.32 Å². The van der Waals surface area contributed by atoms with Crippen molar-refractivity contribution < 1.29 is 14.0 Å². The Morgan fingerprint density at radius 3 is 2.94 bits per heavy atom. The van der Waals surface area contributed by atoms with Crippen molar-refractivity contribution in [2.24, 2.45) is 5.73 Å². The number of Topliss-reactive ketones (excluding diaryl/α,β-unsaturated/α-hetero) is 1. The maximum atomic E-state index is 13.7. The van der Waals surface area contributed by atoms with Crippen molar-refractivity contribution in [1.82, 2.24) is 0 Å². The molecule has 90 valence electrons. The van der Waals surface area contributed by atoms with Gasteiger partial charge in [0.1, 0.15) is 0 Å². The molecule has 1 heterocycles. The number of nitrogens with one attached hydrogen (secondary N) is 1. The molecule has 4 nitrogen and oxygen atoms in total. The number of halogens is 2. The van der Waals surface area contributed by atoms with Crippen LogP contribution in [0.1, 0.15) is 23.2 Å². The quantitative estimate of drug-likeness (QED) is 0.846. The Bertz CT molecular complexity index is 504. The Morgan fingerprint density at radius 2 is 2.29 bits per heavy atom. The minimum absolute atomic E-state index is 0.0167. The van der Waals surface area contributed by atoms with Crippen molar-refractivity contribution >= 4 is 29.0 Å². The van der Waals surface area contributed by atoms with Crippen LogP contribution < -0.4 is 11.1 Å². The number of nitrogens with two attached hydrogens (primary N) is 1. The van der Waals surface area contributed by atoms with Gasteiger partial charge in [-0.2, -0.15) is 0 Å². The number of hydrogen-bond acceptors (Lipinski definition) is 3. The van der Waals surface area contributed by atoms with E-state index in [0.29, 0.717) is 0 Å². The first-order valence-corrected chi connectivity index (χ1v) is 5.43. The number of fused-ring (bicyclic) bond motifs is 1. The predicted molar refractivity (Wildman–Crippen MR) is 61.6 cm³/mol. The van der Waals surface area contributed by atoms with Crippen LogP contribution in [0.3, 0.4) is 0 Å². The second-order valence-corrected chi connectivity index (χ2v) is 4.33. The van der Waals surface area contributed by atoms with E-state index in [2.05, 4.69) is 5.32 Å². The fourth-order valence-electron chi connectivity index (χ4n) is 1.88. The Balaban J connectivity index is 2.37. The maximum absolute atomic E-state index is 13.7. The van der Waals surface area contributed by atoms with Crippen LogP contribution in [0.4, 0.5) is 10.1 Å². The summed E-state index contributed by atoms with van der Waals surface area (Å²) >= 11 is 5.63. The maximum Gasteiger partial charge on any atom is 0.219 e. The molecule has 1 aliphatic heterocycles. The first-order chi connectivity index (χ1) is 7.99. The molecule has 1 aliphatic rings. The molecule has 0 fully saturated rings. The van der Waals surface area contributed by atoms with E-state index in [9.17, 15) is 14.0 Å². The molecule has 0 bridgehead atoms. The lowest BCUT2D eigenvalue weighted by Crippen LogP contribution is -2.33. The van der Waals surface area contributed by atoms with E-state index in [1.165, 1.54) is 12.1 Å². The summed E-state index contributed by atoms with van der Waals surface area (Å²) in [6, 6.07) is 2.33. The second-order valence-electron chi connectivity index (χ2n) is 3.92. The van der Waals surface area contributed by atoms with Gasteiger partial charge in [0.05, 0.1) is 10.7 Å². The van der Waals surface area contributed by atoms with Crippen LogP contribution in [0.15, 0.2) is 12.1 Å². The molecule has 17 heavy (non-hydrogen) atoms. The van der Waals surface area contributed by atoms with E-state index in [1.807, 2.05) is 0 Å². The topological polar surface area (TPSA) is 72.2 Å². The molecule has 1 amide bonds. The van der Waals surface area contributed by atoms with Crippen molar-refractivity contribution in [1.29, 1.82) is 0 Å². The summed E-state index contributed by atoms with van der Waals surface area (Å²) in [5.41, 5.74) is 5.36. The largest absolute Gasteiger partial charge is 0.378 e. The van der Waals surface area contributed by atoms with Crippen LogP contribution in [0.5, 0.6) is 0 Å². The Morgan fingerprint density at radius 1 is 1.59 bits per heavy atom. The first-order valence-electron chi connectivity index (χ1n) is 5.05. The van der Waals surface area contributed by atoms with Gasteiger partial charge in [-0.25, -0.2) is 4.39 Å². The number of primary amides is 1. The third-order valence-corrected chi connectivity index (χ3v) is 2.91. The van der Waals surface area contributed by atoms with Crippen molar-refractivity contribution in [3.63, 3.8) is 0 Å². The number of ketones is 1. The molecule has 0 saturated heterocycles. The zero-order chi connectivity index (χ0) is 12.6. The molecule has 0 aromatic heterocycles. The molecule has 1 atom stereocenters. The number of benzene rings is 1. The third-order valence-electron chi connectivity index (χ3n) is 2.62. The summed E-state index contributed by atoms with van der Waals surface area (Å²) in [7, 11) is 0. The molecule has 6 heteroatoms. The molecule has 1 aromatic carbocycles. The molecule has 0 spiro atoms. The molecule has 3 N–H and O–H groups in total. The fraction of sp³-hybridized carbons (Fsp3) is 0.273. The van der Waals surface area contributed by atoms with E-state index in [0.717, 1.165) is 0 Å². The second kappa shape index (κ2) is 4.33. The van der Waals surface area contributed by atoms with Gasteiger partial charge >= 0.3 is 0 Å². The standard InChI is InChI=1S/C11H10ClFN2O2/c12-7-2-1-6-8(16)3-5(4-9(14)17)15-11(6)10(7)13/h1-2,5,15H,3-4H2,(H2,14,17)/t5-/m1/s1. The normalized spacial score (nSPS) is 18.5. The fourth-order valence-corrected chi connectivity index (χ4v) is 2.04. The highest BCUT2D eigenvalue weighted by Crippen LogP contribution is 2.32. The van der Waals surface area contributed by atoms with Gasteiger partial charge in [0.25, 0.3) is 0 Å². The summed E-state index contributed by atoms with van der Waals surface area (Å²) < 4.78 is 13.7. The smallest absolute Gasteiger partial charge is 0.219 e. The van der Waals surface area contributed by atoms with Crippen LogP contribution >= 0.6 is 11.6 Å². The highest BCUT2D eigenvalue weighted by atomic mass is 35.5. The van der Waals surface area contributed by atoms with Gasteiger partial charge in [-0.3, -0.25) is 9.59 Å². The van der Waals surface area contributed by atoms with Crippen molar-refractivity contribution in [3.8, 4) is 0 Å². The van der Waals surface area contributed by atoms with E-state index in [-0.39, 0.29) is 34.9 Å². The van der Waals surface area contributed by atoms with Gasteiger partial charge in [0.2, 0.25) is 5.91 Å². The highest BCUT2D eigenvalue weighted by Gasteiger charge is 2.28. The number of hydrogen-bond donors (Lipinski definition) is 2. The Hall–Kier alpha value is -1.62. The van der Waals surface area contributed by atoms with E-state index in [4.69, 9.17) is 17.3 Å². The number of anilines is 1. The number of carbonyl (C=O) groups excluding carboxylic acids is 2. The minimum Gasteiger partial charge on any atom is -0.378 e. The van der Waals surface area contributed by atoms with Crippen LogP contribution in [-0.4, -0.2) is 17.7 Å². The lowest BCUT2D eigenvalue weighted by molar-refractivity contribution is -0.118. The lowest BCUT2D eigenvalue weighted by Gasteiger charge is -2.25. The number of rotatable bonds is 2. The lowest BCUT2D eigenvalue weighted by atomic mass is 9.94. The summed E-state index contributed by atoms with van der Waals surface area (Å²) in [6.07, 6.45) is 0.105. The Kier molecular flexibility index (Phi) is 3.02. The first kappa shape index (κ1) is 11.9. The van der Waals surface area contributed by atoms with Crippen LogP contribution in [0.25, 0.3) is 0 Å². The van der Waals surface area contributed by atoms with E-state index < -0.39 is 17.8 Å². The van der Waals surface area contributed by atoms with Gasteiger partial charge in [-0.05, 0) is 12.1 Å². The predicted octanol–water partition coefficient (Wildman–Crippen LogP) is 1.72. The zero-order valence-electron chi connectivity index (χ0n) is 8.80. The molecule has 2 rings (SSSR count). The van der Waals surface area contributed by atoms with Gasteiger partial charge < -0.3 is 11.1 Å². The summed E-state index contributed by atoms with van der Waals surface area (Å²) in [4.78, 5) is 22.5. The van der Waals surface area contributed by atoms with Gasteiger partial charge in [-0.1, -0.05) is 11.6 Å². The van der Waals surface area contributed by atoms with Crippen LogP contribution in [-0.2, 0) is 4.79 Å². The Labute approximate surface area is 102 Å². The van der Waals surface area contributed by atoms with Crippen molar-refractivity contribution in [3.05, 3.63) is 28.5 Å². The average Bonchev–Trinajstić information content (AvgIpc) is 2.23. The molecular formula is C11H10ClFN2O2. The van der Waals surface area contributed by atoms with Gasteiger partial charge in [0, 0.05) is 24.4 Å². The molecule has 0 radical (unpaired) electrons. The van der Waals surface area contributed by atoms with Crippen molar-refractivity contribution in [2.45, 2.75) is 18.9 Å². The van der Waals surface area contributed by atoms with Gasteiger partial charge in [-0.15, -0.1) is 0 Å². The van der Waals surface area contributed by atoms with Gasteiger partial charge in [0.15, 0.2) is 11.6 Å². The molecule has 0 aliphatic carbocycles. The third kappa shape index (κ3) is 2.24. The number of amides is 1. The minimum atomic E-state index is -0.674. The van der Waals surface area contributed by atoms with Crippen LogP contribution in [0.2, 0.25) is 5.02 Å². The molecular weight excluding hydrogens is 247 g/mol. The highest BCUT2D eigenvalue weighted by molar-refractivity contribution is 6.31. The monoisotopic (exact) mass is 256 g/mol. The molecule has 0 unspecified atom stereocenters. The number of carbonyl (C=O) groups is 2. The molecule has 1 aromatic rings.